The first-order chi connectivity index (χ1) is 11.1. The number of carbonyl (C=O) groups is 1. The predicted molar refractivity (Wildman–Crippen MR) is 86.9 cm³/mol. The van der Waals surface area contributed by atoms with Gasteiger partial charge in [-0.3, -0.25) is 9.69 Å². The first-order valence-corrected chi connectivity index (χ1v) is 7.76. The van der Waals surface area contributed by atoms with E-state index in [0.29, 0.717) is 5.92 Å². The number of aromatic nitrogens is 3. The molecule has 1 saturated heterocycles. The lowest BCUT2D eigenvalue weighted by Crippen LogP contribution is -2.52. The number of aromatic amines is 1. The van der Waals surface area contributed by atoms with E-state index in [0.717, 1.165) is 36.4 Å². The molecular weight excluding hydrogens is 292 g/mol. The zero-order valence-corrected chi connectivity index (χ0v) is 13.4. The minimum Gasteiger partial charge on any atom is -0.354 e. The van der Waals surface area contributed by atoms with Crippen molar-refractivity contribution in [1.82, 2.24) is 19.9 Å². The Morgan fingerprint density at radius 3 is 3.17 bits per heavy atom. The van der Waals surface area contributed by atoms with Crippen molar-refractivity contribution in [3.8, 4) is 6.07 Å². The molecular formula is C16H20N6O. The van der Waals surface area contributed by atoms with E-state index in [2.05, 4.69) is 31.7 Å². The molecule has 0 bridgehead atoms. The third-order valence-corrected chi connectivity index (χ3v) is 4.66. The van der Waals surface area contributed by atoms with Crippen LogP contribution in [0.5, 0.6) is 0 Å². The molecule has 0 unspecified atom stereocenters. The summed E-state index contributed by atoms with van der Waals surface area (Å²) in [6.45, 7) is 4.03. The van der Waals surface area contributed by atoms with Gasteiger partial charge in [0.25, 0.3) is 0 Å². The number of hydrogen-bond acceptors (Lipinski definition) is 6. The van der Waals surface area contributed by atoms with Gasteiger partial charge in [-0.15, -0.1) is 0 Å². The Bertz CT molecular complexity index is 748. The number of carbonyl (C=O) groups excluding carboxylic acids is 1. The van der Waals surface area contributed by atoms with Gasteiger partial charge >= 0.3 is 0 Å². The molecule has 0 spiro atoms. The highest BCUT2D eigenvalue weighted by atomic mass is 16.1. The van der Waals surface area contributed by atoms with Crippen LogP contribution in [0.4, 0.5) is 5.82 Å². The Balaban J connectivity index is 1.82. The lowest BCUT2D eigenvalue weighted by atomic mass is 9.92. The molecule has 0 saturated carbocycles. The minimum atomic E-state index is -0.379. The Hall–Kier alpha value is -2.46. The molecule has 1 aliphatic rings. The summed E-state index contributed by atoms with van der Waals surface area (Å²) < 4.78 is 0. The summed E-state index contributed by atoms with van der Waals surface area (Å²) in [5.41, 5.74) is 0.821. The number of ketones is 1. The maximum absolute atomic E-state index is 11.4. The van der Waals surface area contributed by atoms with Gasteiger partial charge in [-0.2, -0.15) is 5.26 Å². The summed E-state index contributed by atoms with van der Waals surface area (Å²) in [6, 6.07) is 3.92. The Kier molecular flexibility index (Phi) is 4.26. The van der Waals surface area contributed by atoms with E-state index in [1.165, 1.54) is 0 Å². The Labute approximate surface area is 134 Å². The summed E-state index contributed by atoms with van der Waals surface area (Å²) in [5.74, 6) is 0.995. The molecule has 2 atom stereocenters. The standard InChI is InChI=1S/C16H20N6O/c1-11-4-6-22(8-12(23)7-17)9-14(11)21(2)16-13-3-5-18-15(13)19-10-20-16/h3,5,10-11,14H,4,6,8-9H2,1-2H3,(H,18,19,20)/t11-,14+/m1/s1. The van der Waals surface area contributed by atoms with Crippen molar-refractivity contribution in [2.45, 2.75) is 19.4 Å². The fourth-order valence-corrected chi connectivity index (χ4v) is 3.30. The van der Waals surface area contributed by atoms with Crippen molar-refractivity contribution in [3.05, 3.63) is 18.6 Å². The molecule has 7 nitrogen and oxygen atoms in total. The van der Waals surface area contributed by atoms with Gasteiger partial charge in [0.15, 0.2) is 0 Å². The van der Waals surface area contributed by atoms with Gasteiger partial charge < -0.3 is 9.88 Å². The maximum atomic E-state index is 11.4. The van der Waals surface area contributed by atoms with Crippen LogP contribution in [0.1, 0.15) is 13.3 Å². The molecule has 120 valence electrons. The third-order valence-electron chi connectivity index (χ3n) is 4.66. The molecule has 1 fully saturated rings. The highest BCUT2D eigenvalue weighted by Gasteiger charge is 2.31. The number of rotatable bonds is 4. The summed E-state index contributed by atoms with van der Waals surface area (Å²) in [5, 5.41) is 9.70. The van der Waals surface area contributed by atoms with Crippen molar-refractivity contribution in [2.75, 3.05) is 31.6 Å². The number of nitriles is 1. The zero-order chi connectivity index (χ0) is 16.4. The van der Waals surface area contributed by atoms with Crippen LogP contribution in [0.2, 0.25) is 0 Å². The number of likely N-dealkylation sites (N-methyl/N-ethyl adjacent to an activating group) is 1. The van der Waals surface area contributed by atoms with Gasteiger partial charge in [-0.05, 0) is 24.9 Å². The Morgan fingerprint density at radius 2 is 2.39 bits per heavy atom. The molecule has 1 aliphatic heterocycles. The molecule has 7 heteroatoms. The second kappa shape index (κ2) is 6.34. The quantitative estimate of drug-likeness (QED) is 0.853. The topological polar surface area (TPSA) is 88.9 Å². The van der Waals surface area contributed by atoms with Crippen LogP contribution in [-0.4, -0.2) is 58.4 Å². The van der Waals surface area contributed by atoms with E-state index < -0.39 is 0 Å². The van der Waals surface area contributed by atoms with Crippen LogP contribution in [0, 0.1) is 17.2 Å². The lowest BCUT2D eigenvalue weighted by molar-refractivity contribution is -0.115. The third kappa shape index (κ3) is 3.03. The molecule has 2 aromatic heterocycles. The number of H-pyrrole nitrogens is 1. The number of nitrogens with one attached hydrogen (secondary N) is 1. The molecule has 23 heavy (non-hydrogen) atoms. The van der Waals surface area contributed by atoms with Gasteiger partial charge in [-0.1, -0.05) is 6.92 Å². The van der Waals surface area contributed by atoms with E-state index in [4.69, 9.17) is 5.26 Å². The molecule has 2 aromatic rings. The van der Waals surface area contributed by atoms with Gasteiger partial charge in [0.1, 0.15) is 23.9 Å². The maximum Gasteiger partial charge on any atom is 0.245 e. The molecule has 0 aliphatic carbocycles. The van der Waals surface area contributed by atoms with Gasteiger partial charge in [-0.25, -0.2) is 9.97 Å². The zero-order valence-electron chi connectivity index (χ0n) is 13.4. The van der Waals surface area contributed by atoms with Crippen molar-refractivity contribution >= 4 is 22.6 Å². The summed E-state index contributed by atoms with van der Waals surface area (Å²) in [7, 11) is 2.03. The smallest absolute Gasteiger partial charge is 0.245 e. The molecule has 0 aromatic carbocycles. The van der Waals surface area contributed by atoms with Gasteiger partial charge in [0, 0.05) is 25.8 Å². The molecule has 1 N–H and O–H groups in total. The van der Waals surface area contributed by atoms with Crippen LogP contribution >= 0.6 is 0 Å². The Morgan fingerprint density at radius 1 is 1.57 bits per heavy atom. The summed E-state index contributed by atoms with van der Waals surface area (Å²) in [6.07, 6.45) is 4.42. The average Bonchev–Trinajstić information content (AvgIpc) is 3.04. The van der Waals surface area contributed by atoms with Crippen LogP contribution in [0.3, 0.4) is 0 Å². The molecule has 3 rings (SSSR count). The van der Waals surface area contributed by atoms with Crippen LogP contribution in [0.25, 0.3) is 11.0 Å². The lowest BCUT2D eigenvalue weighted by Gasteiger charge is -2.41. The number of piperidine rings is 1. The van der Waals surface area contributed by atoms with Crippen LogP contribution in [0.15, 0.2) is 18.6 Å². The van der Waals surface area contributed by atoms with Crippen LogP contribution in [-0.2, 0) is 4.79 Å². The van der Waals surface area contributed by atoms with Crippen molar-refractivity contribution < 1.29 is 4.79 Å². The first kappa shape index (κ1) is 15.4. The van der Waals surface area contributed by atoms with E-state index in [1.807, 2.05) is 19.3 Å². The van der Waals surface area contributed by atoms with E-state index in [9.17, 15) is 4.79 Å². The normalized spacial score (nSPS) is 22.0. The highest BCUT2D eigenvalue weighted by molar-refractivity contribution is 5.94. The van der Waals surface area contributed by atoms with Gasteiger partial charge in [0.05, 0.1) is 11.9 Å². The van der Waals surface area contributed by atoms with Crippen LogP contribution < -0.4 is 4.90 Å². The second-order valence-electron chi connectivity index (χ2n) is 6.15. The minimum absolute atomic E-state index is 0.205. The molecule has 3 heterocycles. The number of anilines is 1. The second-order valence-corrected chi connectivity index (χ2v) is 6.15. The fourth-order valence-electron chi connectivity index (χ4n) is 3.30. The number of Topliss-reactive ketones (excluding diaryl/α,β-unsaturated/α-hetero) is 1. The number of fused-ring (bicyclic) bond motifs is 1. The van der Waals surface area contributed by atoms with Crippen molar-refractivity contribution in [1.29, 1.82) is 5.26 Å². The first-order valence-electron chi connectivity index (χ1n) is 7.76. The number of nitrogens with zero attached hydrogens (tertiary/aromatic N) is 5. The number of hydrogen-bond donors (Lipinski definition) is 1. The fraction of sp³-hybridized carbons (Fsp3) is 0.500. The van der Waals surface area contributed by atoms with Crippen molar-refractivity contribution in [3.63, 3.8) is 0 Å². The summed E-state index contributed by atoms with van der Waals surface area (Å²) >= 11 is 0. The van der Waals surface area contributed by atoms with E-state index in [1.54, 1.807) is 12.4 Å². The van der Waals surface area contributed by atoms with E-state index in [-0.39, 0.29) is 18.4 Å². The highest BCUT2D eigenvalue weighted by Crippen LogP contribution is 2.28. The SMILES string of the molecule is C[C@@H]1CCN(CC(=O)C#N)C[C@@H]1N(C)c1ncnc2[nH]ccc12. The van der Waals surface area contributed by atoms with Gasteiger partial charge in [0.2, 0.25) is 5.78 Å². The largest absolute Gasteiger partial charge is 0.354 e. The molecule has 0 radical (unpaired) electrons. The van der Waals surface area contributed by atoms with E-state index >= 15 is 0 Å². The molecule has 0 amide bonds. The van der Waals surface area contributed by atoms with Crippen molar-refractivity contribution in [2.24, 2.45) is 5.92 Å². The average molecular weight is 312 g/mol. The monoisotopic (exact) mass is 312 g/mol. The predicted octanol–water partition coefficient (Wildman–Crippen LogP) is 1.20. The number of likely N-dealkylation sites (tertiary alicyclic amines) is 1. The summed E-state index contributed by atoms with van der Waals surface area (Å²) in [4.78, 5) is 27.4.